The predicted octanol–water partition coefficient (Wildman–Crippen LogP) is 0.844. The highest BCUT2D eigenvalue weighted by Gasteiger charge is 2.26. The van der Waals surface area contributed by atoms with Crippen LogP contribution in [0, 0.1) is 0 Å². The van der Waals surface area contributed by atoms with Crippen LogP contribution in [0.2, 0.25) is 0 Å². The van der Waals surface area contributed by atoms with Gasteiger partial charge in [-0.15, -0.1) is 21.5 Å². The van der Waals surface area contributed by atoms with Gasteiger partial charge in [0.05, 0.1) is 11.4 Å². The summed E-state index contributed by atoms with van der Waals surface area (Å²) in [5.41, 5.74) is 1.31. The molecule has 1 aliphatic carbocycles. The van der Waals surface area contributed by atoms with Gasteiger partial charge in [0, 0.05) is 25.0 Å². The number of carbonyl (C=O) groups is 2. The Labute approximate surface area is 137 Å². The molecule has 2 aromatic heterocycles. The van der Waals surface area contributed by atoms with Gasteiger partial charge >= 0.3 is 0 Å². The Kier molecular flexibility index (Phi) is 3.41. The van der Waals surface area contributed by atoms with E-state index in [0.717, 1.165) is 17.7 Å². The lowest BCUT2D eigenvalue weighted by atomic mass is 10.2. The summed E-state index contributed by atoms with van der Waals surface area (Å²) >= 11 is 1.58. The third kappa shape index (κ3) is 2.42. The fourth-order valence-corrected chi connectivity index (χ4v) is 4.24. The molecule has 0 bridgehead atoms. The molecule has 0 fully saturated rings. The number of thiophene rings is 1. The van der Waals surface area contributed by atoms with E-state index < -0.39 is 0 Å². The number of nitrogens with one attached hydrogen (secondary N) is 1. The minimum atomic E-state index is -0.129. The zero-order chi connectivity index (χ0) is 16.0. The summed E-state index contributed by atoms with van der Waals surface area (Å²) in [6.45, 7) is 1.57. The Bertz CT molecular complexity index is 772. The highest BCUT2D eigenvalue weighted by Crippen LogP contribution is 2.30. The van der Waals surface area contributed by atoms with Gasteiger partial charge < -0.3 is 14.8 Å². The number of aromatic nitrogens is 3. The second kappa shape index (κ2) is 5.45. The number of amides is 2. The maximum atomic E-state index is 12.3. The number of rotatable bonds is 3. The van der Waals surface area contributed by atoms with Crippen LogP contribution in [0.15, 0.2) is 6.07 Å². The third-order valence-electron chi connectivity index (χ3n) is 4.40. The molecule has 8 heteroatoms. The smallest absolute Gasteiger partial charge is 0.291 e. The molecule has 0 saturated heterocycles. The molecule has 7 nitrogen and oxygen atoms in total. The van der Waals surface area contributed by atoms with Gasteiger partial charge in [0.25, 0.3) is 11.8 Å². The Morgan fingerprint density at radius 1 is 1.35 bits per heavy atom. The normalized spacial score (nSPS) is 16.4. The van der Waals surface area contributed by atoms with Crippen molar-refractivity contribution in [3.05, 3.63) is 33.0 Å². The zero-order valence-corrected chi connectivity index (χ0v) is 13.7. The van der Waals surface area contributed by atoms with E-state index in [-0.39, 0.29) is 18.4 Å². The molecule has 120 valence electrons. The quantitative estimate of drug-likeness (QED) is 0.904. The topological polar surface area (TPSA) is 80.1 Å². The van der Waals surface area contributed by atoms with Gasteiger partial charge in [-0.2, -0.15) is 0 Å². The number of aryl methyl sites for hydroxylation is 2. The van der Waals surface area contributed by atoms with Crippen LogP contribution in [0.1, 0.15) is 43.0 Å². The van der Waals surface area contributed by atoms with Crippen LogP contribution < -0.4 is 5.32 Å². The lowest BCUT2D eigenvalue weighted by Gasteiger charge is -2.23. The molecular formula is C15H17N5O2S. The van der Waals surface area contributed by atoms with Crippen LogP contribution in [0.4, 0.5) is 0 Å². The highest BCUT2D eigenvalue weighted by atomic mass is 32.1. The van der Waals surface area contributed by atoms with Crippen molar-refractivity contribution in [1.29, 1.82) is 0 Å². The molecule has 0 radical (unpaired) electrons. The Balaban J connectivity index is 1.46. The van der Waals surface area contributed by atoms with Crippen molar-refractivity contribution in [3.8, 4) is 0 Å². The van der Waals surface area contributed by atoms with Crippen LogP contribution >= 0.6 is 11.3 Å². The summed E-state index contributed by atoms with van der Waals surface area (Å²) < 4.78 is 1.79. The standard InChI is InChI=1S/C15H17N5O2S/c1-19-5-6-20-12(17-18-13(20)15(19)22)8-16-14(21)11-7-9-3-2-4-10(9)23-11/h7H,2-6,8H2,1H3,(H,16,21). The van der Waals surface area contributed by atoms with E-state index in [1.807, 2.05) is 6.07 Å². The van der Waals surface area contributed by atoms with E-state index in [2.05, 4.69) is 15.5 Å². The lowest BCUT2D eigenvalue weighted by Crippen LogP contribution is -2.38. The van der Waals surface area contributed by atoms with Gasteiger partial charge in [0.1, 0.15) is 0 Å². The van der Waals surface area contributed by atoms with E-state index in [4.69, 9.17) is 0 Å². The van der Waals surface area contributed by atoms with Crippen LogP contribution in [-0.4, -0.2) is 45.1 Å². The third-order valence-corrected chi connectivity index (χ3v) is 5.64. The van der Waals surface area contributed by atoms with Crippen molar-refractivity contribution in [1.82, 2.24) is 25.0 Å². The van der Waals surface area contributed by atoms with Crippen molar-refractivity contribution < 1.29 is 9.59 Å². The van der Waals surface area contributed by atoms with E-state index in [9.17, 15) is 9.59 Å². The molecule has 2 aromatic rings. The fraction of sp³-hybridized carbons (Fsp3) is 0.467. The summed E-state index contributed by atoms with van der Waals surface area (Å²) in [6, 6.07) is 2.00. The summed E-state index contributed by atoms with van der Waals surface area (Å²) in [6.07, 6.45) is 3.35. The van der Waals surface area contributed by atoms with Gasteiger partial charge in [0.15, 0.2) is 5.82 Å². The molecule has 2 amide bonds. The van der Waals surface area contributed by atoms with Crippen molar-refractivity contribution in [3.63, 3.8) is 0 Å². The van der Waals surface area contributed by atoms with E-state index in [0.29, 0.717) is 24.7 Å². The number of likely N-dealkylation sites (N-methyl/N-ethyl adjacent to an activating group) is 1. The van der Waals surface area contributed by atoms with Crippen molar-refractivity contribution >= 4 is 23.2 Å². The monoisotopic (exact) mass is 331 g/mol. The number of hydrogen-bond acceptors (Lipinski definition) is 5. The average molecular weight is 331 g/mol. The first-order chi connectivity index (χ1) is 11.1. The van der Waals surface area contributed by atoms with Gasteiger partial charge in [-0.3, -0.25) is 9.59 Å². The largest absolute Gasteiger partial charge is 0.344 e. The SMILES string of the molecule is CN1CCn2c(CNC(=O)c3cc4c(s3)CCC4)nnc2C1=O. The molecule has 0 saturated carbocycles. The molecule has 0 aromatic carbocycles. The maximum absolute atomic E-state index is 12.3. The zero-order valence-electron chi connectivity index (χ0n) is 12.8. The Morgan fingerprint density at radius 2 is 2.22 bits per heavy atom. The van der Waals surface area contributed by atoms with Crippen molar-refractivity contribution in [2.45, 2.75) is 32.4 Å². The molecule has 4 rings (SSSR count). The maximum Gasteiger partial charge on any atom is 0.291 e. The molecule has 1 N–H and O–H groups in total. The predicted molar refractivity (Wildman–Crippen MR) is 84.5 cm³/mol. The summed E-state index contributed by atoms with van der Waals surface area (Å²) in [5.74, 6) is 0.758. The molecule has 0 spiro atoms. The van der Waals surface area contributed by atoms with E-state index >= 15 is 0 Å². The minimum Gasteiger partial charge on any atom is -0.344 e. The van der Waals surface area contributed by atoms with Crippen molar-refractivity contribution in [2.75, 3.05) is 13.6 Å². The van der Waals surface area contributed by atoms with Crippen molar-refractivity contribution in [2.24, 2.45) is 0 Å². The molecule has 2 aliphatic rings. The van der Waals surface area contributed by atoms with Crippen LogP contribution in [0.5, 0.6) is 0 Å². The first-order valence-electron chi connectivity index (χ1n) is 7.71. The number of hydrogen-bond donors (Lipinski definition) is 1. The second-order valence-corrected chi connectivity index (χ2v) is 7.05. The van der Waals surface area contributed by atoms with Crippen LogP contribution in [0.3, 0.4) is 0 Å². The number of carbonyl (C=O) groups excluding carboxylic acids is 2. The first kappa shape index (κ1) is 14.4. The Hall–Kier alpha value is -2.22. The van der Waals surface area contributed by atoms with Gasteiger partial charge in [0.2, 0.25) is 5.82 Å². The molecule has 0 atom stereocenters. The van der Waals surface area contributed by atoms with Gasteiger partial charge in [-0.05, 0) is 30.9 Å². The van der Waals surface area contributed by atoms with E-state index in [1.165, 1.54) is 16.9 Å². The Morgan fingerprint density at radius 3 is 3.04 bits per heavy atom. The highest BCUT2D eigenvalue weighted by molar-refractivity contribution is 7.14. The molecule has 1 aliphatic heterocycles. The van der Waals surface area contributed by atoms with Crippen LogP contribution in [0.25, 0.3) is 0 Å². The first-order valence-corrected chi connectivity index (χ1v) is 8.52. The molecule has 23 heavy (non-hydrogen) atoms. The average Bonchev–Trinajstić information content (AvgIpc) is 3.22. The lowest BCUT2D eigenvalue weighted by molar-refractivity contribution is 0.0740. The van der Waals surface area contributed by atoms with Gasteiger partial charge in [-0.1, -0.05) is 0 Å². The molecule has 3 heterocycles. The summed E-state index contributed by atoms with van der Waals surface area (Å²) in [4.78, 5) is 28.0. The fourth-order valence-electron chi connectivity index (χ4n) is 3.07. The molecular weight excluding hydrogens is 314 g/mol. The van der Waals surface area contributed by atoms with Gasteiger partial charge in [-0.25, -0.2) is 0 Å². The second-order valence-electron chi connectivity index (χ2n) is 5.91. The summed E-state index contributed by atoms with van der Waals surface area (Å²) in [5, 5.41) is 10.9. The summed E-state index contributed by atoms with van der Waals surface area (Å²) in [7, 11) is 1.75. The number of fused-ring (bicyclic) bond motifs is 2. The van der Waals surface area contributed by atoms with Crippen LogP contribution in [-0.2, 0) is 25.9 Å². The minimum absolute atomic E-state index is 0.0824. The van der Waals surface area contributed by atoms with E-state index in [1.54, 1.807) is 27.9 Å². The number of nitrogens with zero attached hydrogens (tertiary/aromatic N) is 4. The molecule has 0 unspecified atom stereocenters.